The first-order chi connectivity index (χ1) is 8.27. The molecule has 17 heavy (non-hydrogen) atoms. The largest absolute Gasteiger partial charge is 0.370 e. The highest BCUT2D eigenvalue weighted by Crippen LogP contribution is 2.13. The zero-order valence-electron chi connectivity index (χ0n) is 11.5. The second-order valence-electron chi connectivity index (χ2n) is 4.63. The first-order valence-corrected chi connectivity index (χ1v) is 6.76. The molecule has 0 spiro atoms. The van der Waals surface area contributed by atoms with Crippen molar-refractivity contribution in [3.8, 4) is 0 Å². The van der Waals surface area contributed by atoms with Crippen molar-refractivity contribution >= 4 is 5.69 Å². The number of benzene rings is 1. The first kappa shape index (κ1) is 14.0. The quantitative estimate of drug-likeness (QED) is 0.681. The fourth-order valence-corrected chi connectivity index (χ4v) is 2.06. The Morgan fingerprint density at radius 2 is 1.47 bits per heavy atom. The summed E-state index contributed by atoms with van der Waals surface area (Å²) in [7, 11) is 2.21. The molecule has 0 amide bonds. The number of anilines is 1. The predicted octanol–water partition coefficient (Wildman–Crippen LogP) is 3.24. The van der Waals surface area contributed by atoms with Crippen LogP contribution in [0, 0.1) is 0 Å². The van der Waals surface area contributed by atoms with Gasteiger partial charge in [-0.3, -0.25) is 0 Å². The average molecular weight is 234 g/mol. The van der Waals surface area contributed by atoms with Crippen LogP contribution in [0.3, 0.4) is 0 Å². The molecule has 0 unspecified atom stereocenters. The monoisotopic (exact) mass is 234 g/mol. The van der Waals surface area contributed by atoms with Crippen molar-refractivity contribution < 1.29 is 0 Å². The predicted molar refractivity (Wildman–Crippen MR) is 76.7 cm³/mol. The number of nitrogens with zero attached hydrogens (tertiary/aromatic N) is 2. The fraction of sp³-hybridized carbons (Fsp3) is 0.600. The molecule has 2 heteroatoms. The summed E-state index contributed by atoms with van der Waals surface area (Å²) in [5.74, 6) is 0. The number of para-hydroxylation sites is 1. The second-order valence-corrected chi connectivity index (χ2v) is 4.63. The van der Waals surface area contributed by atoms with Crippen LogP contribution in [0.1, 0.15) is 26.7 Å². The Morgan fingerprint density at radius 3 is 2.06 bits per heavy atom. The molecule has 0 heterocycles. The Labute approximate surface area is 106 Å². The third kappa shape index (κ3) is 5.22. The molecular formula is C15H26N2. The van der Waals surface area contributed by atoms with E-state index in [1.807, 2.05) is 0 Å². The van der Waals surface area contributed by atoms with E-state index in [2.05, 4.69) is 61.0 Å². The van der Waals surface area contributed by atoms with Crippen molar-refractivity contribution in [1.82, 2.24) is 4.90 Å². The van der Waals surface area contributed by atoms with Crippen molar-refractivity contribution in [2.75, 3.05) is 38.1 Å². The highest BCUT2D eigenvalue weighted by molar-refractivity contribution is 5.45. The highest BCUT2D eigenvalue weighted by atomic mass is 15.2. The molecule has 0 aromatic heterocycles. The molecule has 1 aromatic carbocycles. The van der Waals surface area contributed by atoms with Crippen molar-refractivity contribution in [2.45, 2.75) is 26.7 Å². The third-order valence-corrected chi connectivity index (χ3v) is 2.97. The van der Waals surface area contributed by atoms with Crippen molar-refractivity contribution in [1.29, 1.82) is 0 Å². The molecule has 0 N–H and O–H groups in total. The Hall–Kier alpha value is -1.02. The maximum atomic E-state index is 2.48. The third-order valence-electron chi connectivity index (χ3n) is 2.97. The van der Waals surface area contributed by atoms with Gasteiger partial charge in [-0.25, -0.2) is 0 Å². The summed E-state index contributed by atoms with van der Waals surface area (Å²) in [6, 6.07) is 10.7. The van der Waals surface area contributed by atoms with E-state index in [9.17, 15) is 0 Å². The molecule has 0 aliphatic rings. The fourth-order valence-electron chi connectivity index (χ4n) is 2.06. The van der Waals surface area contributed by atoms with Gasteiger partial charge in [-0.15, -0.1) is 0 Å². The lowest BCUT2D eigenvalue weighted by molar-refractivity contribution is 0.340. The van der Waals surface area contributed by atoms with E-state index >= 15 is 0 Å². The van der Waals surface area contributed by atoms with Gasteiger partial charge in [0.15, 0.2) is 0 Å². The standard InChI is InChI=1S/C15H26N2/c1-4-11-16(3)13-14-17(12-5-2)15-9-7-6-8-10-15/h6-10H,4-5,11-14H2,1-3H3. The van der Waals surface area contributed by atoms with E-state index in [0.29, 0.717) is 0 Å². The van der Waals surface area contributed by atoms with E-state index in [1.54, 1.807) is 0 Å². The van der Waals surface area contributed by atoms with Crippen LogP contribution in [-0.2, 0) is 0 Å². The summed E-state index contributed by atoms with van der Waals surface area (Å²) in [4.78, 5) is 4.89. The van der Waals surface area contributed by atoms with Gasteiger partial charge in [-0.2, -0.15) is 0 Å². The number of hydrogen-bond acceptors (Lipinski definition) is 2. The van der Waals surface area contributed by atoms with Crippen LogP contribution >= 0.6 is 0 Å². The van der Waals surface area contributed by atoms with E-state index in [1.165, 1.54) is 25.1 Å². The van der Waals surface area contributed by atoms with Crippen LogP contribution in [0.4, 0.5) is 5.69 Å². The van der Waals surface area contributed by atoms with E-state index in [-0.39, 0.29) is 0 Å². The minimum Gasteiger partial charge on any atom is -0.370 e. The summed E-state index contributed by atoms with van der Waals surface area (Å²) in [5, 5.41) is 0. The average Bonchev–Trinajstić information content (AvgIpc) is 2.36. The molecule has 0 bridgehead atoms. The van der Waals surface area contributed by atoms with Gasteiger partial charge in [-0.05, 0) is 38.6 Å². The van der Waals surface area contributed by atoms with Crippen LogP contribution in [0.25, 0.3) is 0 Å². The topological polar surface area (TPSA) is 6.48 Å². The van der Waals surface area contributed by atoms with Gasteiger partial charge in [0.05, 0.1) is 0 Å². The molecule has 96 valence electrons. The van der Waals surface area contributed by atoms with Crippen LogP contribution in [0.2, 0.25) is 0 Å². The van der Waals surface area contributed by atoms with E-state index < -0.39 is 0 Å². The summed E-state index contributed by atoms with van der Waals surface area (Å²) < 4.78 is 0. The molecule has 0 aliphatic heterocycles. The second kappa shape index (κ2) is 8.13. The lowest BCUT2D eigenvalue weighted by atomic mass is 10.2. The maximum absolute atomic E-state index is 2.48. The molecule has 0 saturated heterocycles. The number of hydrogen-bond donors (Lipinski definition) is 0. The zero-order valence-corrected chi connectivity index (χ0v) is 11.5. The molecule has 1 rings (SSSR count). The van der Waals surface area contributed by atoms with Gasteiger partial charge in [0.25, 0.3) is 0 Å². The Balaban J connectivity index is 2.49. The highest BCUT2D eigenvalue weighted by Gasteiger charge is 2.05. The lowest BCUT2D eigenvalue weighted by Crippen LogP contribution is -2.34. The number of rotatable bonds is 8. The Kier molecular flexibility index (Phi) is 6.71. The molecule has 0 fully saturated rings. The molecule has 0 aliphatic carbocycles. The molecule has 0 radical (unpaired) electrons. The van der Waals surface area contributed by atoms with Crippen molar-refractivity contribution in [2.24, 2.45) is 0 Å². The molecular weight excluding hydrogens is 208 g/mol. The van der Waals surface area contributed by atoms with Gasteiger partial charge >= 0.3 is 0 Å². The summed E-state index contributed by atoms with van der Waals surface area (Å²) in [6.07, 6.45) is 2.43. The van der Waals surface area contributed by atoms with Gasteiger partial charge in [0.1, 0.15) is 0 Å². The summed E-state index contributed by atoms with van der Waals surface area (Å²) in [6.45, 7) is 9.07. The Bertz CT molecular complexity index is 284. The van der Waals surface area contributed by atoms with E-state index in [4.69, 9.17) is 0 Å². The number of likely N-dealkylation sites (N-methyl/N-ethyl adjacent to an activating group) is 1. The molecule has 0 atom stereocenters. The van der Waals surface area contributed by atoms with E-state index in [0.717, 1.165) is 19.6 Å². The van der Waals surface area contributed by atoms with Crippen LogP contribution < -0.4 is 4.90 Å². The van der Waals surface area contributed by atoms with Gasteiger partial charge in [0.2, 0.25) is 0 Å². The maximum Gasteiger partial charge on any atom is 0.0366 e. The summed E-state index contributed by atoms with van der Waals surface area (Å²) in [5.41, 5.74) is 1.35. The molecule has 1 aromatic rings. The van der Waals surface area contributed by atoms with Crippen LogP contribution in [0.5, 0.6) is 0 Å². The smallest absolute Gasteiger partial charge is 0.0366 e. The first-order valence-electron chi connectivity index (χ1n) is 6.76. The Morgan fingerprint density at radius 1 is 0.824 bits per heavy atom. The molecule has 2 nitrogen and oxygen atoms in total. The van der Waals surface area contributed by atoms with Crippen molar-refractivity contribution in [3.05, 3.63) is 30.3 Å². The minimum atomic E-state index is 1.12. The SMILES string of the molecule is CCCN(C)CCN(CCC)c1ccccc1. The zero-order chi connectivity index (χ0) is 12.5. The van der Waals surface area contributed by atoms with Gasteiger partial charge < -0.3 is 9.80 Å². The normalized spacial score (nSPS) is 10.8. The van der Waals surface area contributed by atoms with Gasteiger partial charge in [0, 0.05) is 25.3 Å². The van der Waals surface area contributed by atoms with Crippen molar-refractivity contribution in [3.63, 3.8) is 0 Å². The lowest BCUT2D eigenvalue weighted by Gasteiger charge is -2.27. The molecule has 0 saturated carbocycles. The van der Waals surface area contributed by atoms with Crippen LogP contribution in [0.15, 0.2) is 30.3 Å². The van der Waals surface area contributed by atoms with Crippen LogP contribution in [-0.4, -0.2) is 38.1 Å². The summed E-state index contributed by atoms with van der Waals surface area (Å²) >= 11 is 0. The van der Waals surface area contributed by atoms with Gasteiger partial charge in [-0.1, -0.05) is 32.0 Å². The minimum absolute atomic E-state index is 1.12.